The fourth-order valence-electron chi connectivity index (χ4n) is 4.52. The maximum Gasteiger partial charge on any atom is 0.490 e. The number of piperidine rings is 1. The third-order valence-electron chi connectivity index (χ3n) is 6.89. The van der Waals surface area contributed by atoms with E-state index in [0.29, 0.717) is 30.6 Å². The first-order chi connectivity index (χ1) is 20.0. The number of carboxylic acid groups (broad SMARTS) is 1. The van der Waals surface area contributed by atoms with Crippen LogP contribution in [-0.4, -0.2) is 63.5 Å². The number of aromatic nitrogens is 2. The van der Waals surface area contributed by atoms with Crippen molar-refractivity contribution in [2.24, 2.45) is 0 Å². The topological polar surface area (TPSA) is 137 Å². The maximum atomic E-state index is 13.0. The molecular weight excluding hydrogens is 562 g/mol. The summed E-state index contributed by atoms with van der Waals surface area (Å²) < 4.78 is 50.6. The van der Waals surface area contributed by atoms with Crippen LogP contribution in [0.15, 0.2) is 60.9 Å². The van der Waals surface area contributed by atoms with Gasteiger partial charge in [0.2, 0.25) is 5.95 Å². The van der Waals surface area contributed by atoms with Crippen LogP contribution in [0.4, 0.5) is 23.5 Å². The van der Waals surface area contributed by atoms with E-state index in [1.54, 1.807) is 17.6 Å². The molecule has 1 amide bonds. The van der Waals surface area contributed by atoms with Crippen LogP contribution in [-0.2, 0) is 11.4 Å². The predicted molar refractivity (Wildman–Crippen MR) is 142 cm³/mol. The third kappa shape index (κ3) is 8.60. The number of alkyl halides is 3. The Balaban J connectivity index is 0.000000517. The first-order valence-electron chi connectivity index (χ1n) is 13.1. The summed E-state index contributed by atoms with van der Waals surface area (Å²) >= 11 is 0. The number of hydrogen-bond acceptors (Lipinski definition) is 8. The van der Waals surface area contributed by atoms with E-state index >= 15 is 0 Å². The Labute approximate surface area is 238 Å². The second-order valence-corrected chi connectivity index (χ2v) is 9.88. The summed E-state index contributed by atoms with van der Waals surface area (Å²) in [6.45, 7) is 2.11. The van der Waals surface area contributed by atoms with Crippen LogP contribution in [0.5, 0.6) is 5.75 Å². The Kier molecular flexibility index (Phi) is 9.91. The minimum Gasteiger partial charge on any atom is -0.489 e. The molecule has 2 unspecified atom stereocenters. The number of halogens is 4. The molecule has 1 aromatic heterocycles. The largest absolute Gasteiger partial charge is 0.490 e. The zero-order valence-electron chi connectivity index (χ0n) is 22.2. The van der Waals surface area contributed by atoms with Crippen LogP contribution < -0.4 is 20.4 Å². The Morgan fingerprint density at radius 1 is 1.00 bits per heavy atom. The summed E-state index contributed by atoms with van der Waals surface area (Å²) in [5.41, 5.74) is 4.06. The van der Waals surface area contributed by atoms with Crippen molar-refractivity contribution < 1.29 is 42.2 Å². The predicted octanol–water partition coefficient (Wildman–Crippen LogP) is 4.06. The van der Waals surface area contributed by atoms with Crippen molar-refractivity contribution in [3.05, 3.63) is 83.4 Å². The molecule has 3 aromatic rings. The standard InChI is InChI=1S/C26H28FN5O3.C2HF3O2/c27-20-5-1-17(2-6-20)16-35-22-7-3-18(4-8-22)23-13-24(23)30-21-9-11-32(12-10-21)26-28-14-19(15-29-26)25(33)31-34;3-2(4,5)1(6)7/h1-8,14-15,21,23-24,30,34H,9-13,16H2,(H,31,33);(H,6,7). The Bertz CT molecular complexity index is 1330. The Hall–Kier alpha value is -4.30. The fourth-order valence-corrected chi connectivity index (χ4v) is 4.52. The Morgan fingerprint density at radius 2 is 1.60 bits per heavy atom. The van der Waals surface area contributed by atoms with Gasteiger partial charge in [-0.05, 0) is 54.7 Å². The van der Waals surface area contributed by atoms with E-state index < -0.39 is 18.1 Å². The van der Waals surface area contributed by atoms with E-state index in [4.69, 9.17) is 19.8 Å². The lowest BCUT2D eigenvalue weighted by Crippen LogP contribution is -2.44. The van der Waals surface area contributed by atoms with Crippen LogP contribution in [0.3, 0.4) is 0 Å². The molecule has 224 valence electrons. The van der Waals surface area contributed by atoms with Crippen LogP contribution in [0, 0.1) is 5.82 Å². The third-order valence-corrected chi connectivity index (χ3v) is 6.89. The lowest BCUT2D eigenvalue weighted by molar-refractivity contribution is -0.192. The first-order valence-corrected chi connectivity index (χ1v) is 13.1. The highest BCUT2D eigenvalue weighted by molar-refractivity contribution is 5.92. The molecule has 1 aliphatic heterocycles. The highest BCUT2D eigenvalue weighted by Gasteiger charge is 2.40. The number of hydroxylamine groups is 1. The van der Waals surface area contributed by atoms with Crippen molar-refractivity contribution in [3.63, 3.8) is 0 Å². The van der Waals surface area contributed by atoms with Gasteiger partial charge >= 0.3 is 12.1 Å². The Morgan fingerprint density at radius 3 is 2.14 bits per heavy atom. The van der Waals surface area contributed by atoms with Gasteiger partial charge in [0.25, 0.3) is 5.91 Å². The first kappa shape index (κ1) is 30.7. The molecule has 1 aliphatic carbocycles. The molecule has 1 saturated carbocycles. The molecule has 0 bridgehead atoms. The number of nitrogens with zero attached hydrogens (tertiary/aromatic N) is 3. The molecule has 0 spiro atoms. The van der Waals surface area contributed by atoms with Crippen molar-refractivity contribution >= 4 is 17.8 Å². The average molecular weight is 592 g/mol. The number of anilines is 1. The summed E-state index contributed by atoms with van der Waals surface area (Å²) in [7, 11) is 0. The number of benzene rings is 2. The minimum atomic E-state index is -5.08. The number of carboxylic acids is 1. The lowest BCUT2D eigenvalue weighted by atomic mass is 10.0. The normalized spacial score (nSPS) is 18.5. The number of rotatable bonds is 8. The maximum absolute atomic E-state index is 13.0. The van der Waals surface area contributed by atoms with Gasteiger partial charge in [-0.2, -0.15) is 13.2 Å². The van der Waals surface area contributed by atoms with Crippen molar-refractivity contribution in [1.82, 2.24) is 20.8 Å². The molecule has 5 rings (SSSR count). The minimum absolute atomic E-state index is 0.222. The molecule has 42 heavy (non-hydrogen) atoms. The van der Waals surface area contributed by atoms with Gasteiger partial charge in [-0.25, -0.2) is 24.6 Å². The van der Waals surface area contributed by atoms with Crippen molar-refractivity contribution in [1.29, 1.82) is 0 Å². The SMILES string of the molecule is O=C(NO)c1cnc(N2CCC(NC3CC3c3ccc(OCc4ccc(F)cc4)cc3)CC2)nc1.O=C(O)C(F)(F)F. The van der Waals surface area contributed by atoms with E-state index in [1.165, 1.54) is 30.1 Å². The van der Waals surface area contributed by atoms with E-state index in [-0.39, 0.29) is 11.4 Å². The summed E-state index contributed by atoms with van der Waals surface area (Å²) in [6.07, 6.45) is 0.898. The quantitative estimate of drug-likeness (QED) is 0.174. The van der Waals surface area contributed by atoms with Gasteiger partial charge in [-0.3, -0.25) is 10.0 Å². The van der Waals surface area contributed by atoms with Gasteiger partial charge in [-0.1, -0.05) is 24.3 Å². The fraction of sp³-hybridized carbons (Fsp3) is 0.357. The molecule has 2 fully saturated rings. The number of hydrogen-bond donors (Lipinski definition) is 4. The van der Waals surface area contributed by atoms with E-state index in [2.05, 4.69) is 32.3 Å². The monoisotopic (exact) mass is 591 g/mol. The van der Waals surface area contributed by atoms with Gasteiger partial charge < -0.3 is 20.1 Å². The number of carbonyl (C=O) groups is 2. The van der Waals surface area contributed by atoms with E-state index in [0.717, 1.165) is 43.7 Å². The van der Waals surface area contributed by atoms with E-state index in [1.807, 2.05) is 12.1 Å². The second kappa shape index (κ2) is 13.6. The van der Waals surface area contributed by atoms with Gasteiger partial charge in [-0.15, -0.1) is 0 Å². The number of amides is 1. The molecule has 10 nitrogen and oxygen atoms in total. The summed E-state index contributed by atoms with van der Waals surface area (Å²) in [5.74, 6) is -1.69. The van der Waals surface area contributed by atoms with Crippen molar-refractivity contribution in [2.75, 3.05) is 18.0 Å². The van der Waals surface area contributed by atoms with Gasteiger partial charge in [0.1, 0.15) is 18.2 Å². The van der Waals surface area contributed by atoms with Gasteiger partial charge in [0.05, 0.1) is 5.56 Å². The lowest BCUT2D eigenvalue weighted by Gasteiger charge is -2.32. The van der Waals surface area contributed by atoms with Crippen molar-refractivity contribution in [3.8, 4) is 5.75 Å². The van der Waals surface area contributed by atoms with Crippen LogP contribution >= 0.6 is 0 Å². The van der Waals surface area contributed by atoms with Crippen LogP contribution in [0.2, 0.25) is 0 Å². The van der Waals surface area contributed by atoms with E-state index in [9.17, 15) is 22.4 Å². The molecule has 14 heteroatoms. The number of aliphatic carboxylic acids is 1. The molecule has 1 saturated heterocycles. The molecule has 2 aromatic carbocycles. The number of nitrogens with one attached hydrogen (secondary N) is 2. The average Bonchev–Trinajstić information content (AvgIpc) is 3.76. The van der Waals surface area contributed by atoms with Crippen molar-refractivity contribution in [2.45, 2.75) is 50.0 Å². The summed E-state index contributed by atoms with van der Waals surface area (Å²) in [4.78, 5) is 30.9. The molecule has 2 atom stereocenters. The molecule has 4 N–H and O–H groups in total. The molecular formula is C28H29F4N5O5. The molecule has 0 radical (unpaired) electrons. The summed E-state index contributed by atoms with van der Waals surface area (Å²) in [5, 5.41) is 19.6. The van der Waals surface area contributed by atoms with Gasteiger partial charge in [0.15, 0.2) is 0 Å². The highest BCUT2D eigenvalue weighted by atomic mass is 19.4. The summed E-state index contributed by atoms with van der Waals surface area (Å²) in [6, 6.07) is 15.6. The smallest absolute Gasteiger partial charge is 0.489 e. The van der Waals surface area contributed by atoms with Crippen LogP contribution in [0.1, 0.15) is 46.7 Å². The van der Waals surface area contributed by atoms with Gasteiger partial charge in [0, 0.05) is 43.5 Å². The highest BCUT2D eigenvalue weighted by Crippen LogP contribution is 2.42. The second-order valence-electron chi connectivity index (χ2n) is 9.88. The number of ether oxygens (including phenoxy) is 1. The zero-order chi connectivity index (χ0) is 30.3. The zero-order valence-corrected chi connectivity index (χ0v) is 22.2. The molecule has 2 heterocycles. The van der Waals surface area contributed by atoms with Crippen LogP contribution in [0.25, 0.3) is 0 Å². The molecule has 2 aliphatic rings. The number of carbonyl (C=O) groups excluding carboxylic acids is 1.